The average molecular weight is 378 g/mol. The summed E-state index contributed by atoms with van der Waals surface area (Å²) >= 11 is 0. The van der Waals surface area contributed by atoms with Gasteiger partial charge in [-0.05, 0) is 48.5 Å². The van der Waals surface area contributed by atoms with Gasteiger partial charge in [-0.15, -0.1) is 0 Å². The minimum Gasteiger partial charge on any atom is -0.497 e. The van der Waals surface area contributed by atoms with Gasteiger partial charge in [-0.25, -0.2) is 4.57 Å². The van der Waals surface area contributed by atoms with E-state index in [0.717, 1.165) is 11.4 Å². The number of aromatic amines is 1. The molecule has 9 heteroatoms. The summed E-state index contributed by atoms with van der Waals surface area (Å²) in [7, 11) is 3.18. The van der Waals surface area contributed by atoms with Crippen molar-refractivity contribution in [1.29, 1.82) is 0 Å². The molecule has 142 valence electrons. The van der Waals surface area contributed by atoms with Gasteiger partial charge < -0.3 is 20.5 Å². The number of nitrogens with one attached hydrogen (secondary N) is 2. The molecule has 0 radical (unpaired) electrons. The highest BCUT2D eigenvalue weighted by atomic mass is 16.5. The van der Waals surface area contributed by atoms with Crippen molar-refractivity contribution in [2.45, 2.75) is 0 Å². The van der Waals surface area contributed by atoms with Crippen molar-refractivity contribution in [3.63, 3.8) is 0 Å². The number of hydrogen-bond donors (Lipinski definition) is 3. The zero-order chi connectivity index (χ0) is 19.7. The molecular weight excluding hydrogens is 360 g/mol. The summed E-state index contributed by atoms with van der Waals surface area (Å²) in [6.07, 6.45) is 0. The number of anilines is 3. The summed E-state index contributed by atoms with van der Waals surface area (Å²) < 4.78 is 11.8. The zero-order valence-corrected chi connectivity index (χ0v) is 15.3. The van der Waals surface area contributed by atoms with Crippen LogP contribution in [0.3, 0.4) is 0 Å². The van der Waals surface area contributed by atoms with E-state index in [1.807, 2.05) is 24.3 Å². The highest BCUT2D eigenvalue weighted by Gasteiger charge is 2.17. The standard InChI is InChI=1S/C19H18N6O3/c1-27-13-7-3-11(4-8-13)21-19-22-17-15(16(20)23-24-17)18(26)25(19)12-5-9-14(28-2)10-6-12/h3-10H,1-2H3,(H4,20,21,22,23,24). The van der Waals surface area contributed by atoms with Crippen LogP contribution in [0.4, 0.5) is 17.5 Å². The summed E-state index contributed by atoms with van der Waals surface area (Å²) in [5.41, 5.74) is 7.12. The molecule has 0 bridgehead atoms. The number of rotatable bonds is 5. The first-order valence-corrected chi connectivity index (χ1v) is 8.43. The maximum absolute atomic E-state index is 13.2. The number of nitrogens with zero attached hydrogens (tertiary/aromatic N) is 3. The lowest BCUT2D eigenvalue weighted by molar-refractivity contribution is 0.414. The Morgan fingerprint density at radius 1 is 1.00 bits per heavy atom. The van der Waals surface area contributed by atoms with Crippen molar-refractivity contribution in [2.24, 2.45) is 0 Å². The van der Waals surface area contributed by atoms with Gasteiger partial charge in [0.15, 0.2) is 5.65 Å². The number of H-pyrrole nitrogens is 1. The molecule has 9 nitrogen and oxygen atoms in total. The number of nitrogens with two attached hydrogens (primary N) is 1. The highest BCUT2D eigenvalue weighted by Crippen LogP contribution is 2.23. The fourth-order valence-electron chi connectivity index (χ4n) is 2.85. The summed E-state index contributed by atoms with van der Waals surface area (Å²) in [5, 5.41) is 10.0. The van der Waals surface area contributed by atoms with Crippen LogP contribution in [0.1, 0.15) is 0 Å². The smallest absolute Gasteiger partial charge is 0.272 e. The van der Waals surface area contributed by atoms with Crippen LogP contribution in [0.2, 0.25) is 0 Å². The fraction of sp³-hybridized carbons (Fsp3) is 0.105. The van der Waals surface area contributed by atoms with Crippen LogP contribution in [-0.4, -0.2) is 34.0 Å². The van der Waals surface area contributed by atoms with E-state index in [0.29, 0.717) is 17.4 Å². The van der Waals surface area contributed by atoms with E-state index in [4.69, 9.17) is 15.2 Å². The van der Waals surface area contributed by atoms with Gasteiger partial charge in [0.05, 0.1) is 19.9 Å². The molecule has 0 saturated carbocycles. The highest BCUT2D eigenvalue weighted by molar-refractivity contribution is 5.86. The molecular formula is C19H18N6O3. The monoisotopic (exact) mass is 378 g/mol. The molecule has 0 amide bonds. The lowest BCUT2D eigenvalue weighted by Gasteiger charge is -2.14. The van der Waals surface area contributed by atoms with Crippen molar-refractivity contribution < 1.29 is 9.47 Å². The molecule has 2 heterocycles. The van der Waals surface area contributed by atoms with Crippen molar-refractivity contribution in [3.05, 3.63) is 58.9 Å². The fourth-order valence-corrected chi connectivity index (χ4v) is 2.85. The van der Waals surface area contributed by atoms with Crippen LogP contribution in [0.25, 0.3) is 16.7 Å². The predicted molar refractivity (Wildman–Crippen MR) is 107 cm³/mol. The van der Waals surface area contributed by atoms with Gasteiger partial charge in [-0.3, -0.25) is 9.89 Å². The number of ether oxygens (including phenoxy) is 2. The third kappa shape index (κ3) is 2.98. The minimum atomic E-state index is -0.336. The Hall–Kier alpha value is -4.01. The Morgan fingerprint density at radius 2 is 1.61 bits per heavy atom. The molecule has 2 aromatic carbocycles. The number of methoxy groups -OCH3 is 2. The van der Waals surface area contributed by atoms with Crippen LogP contribution in [0, 0.1) is 0 Å². The second kappa shape index (κ2) is 6.95. The minimum absolute atomic E-state index is 0.172. The van der Waals surface area contributed by atoms with Crippen LogP contribution < -0.4 is 26.1 Å². The van der Waals surface area contributed by atoms with Crippen molar-refractivity contribution >= 4 is 28.5 Å². The first-order chi connectivity index (χ1) is 13.6. The van der Waals surface area contributed by atoms with Gasteiger partial charge in [0.1, 0.15) is 22.7 Å². The Morgan fingerprint density at radius 3 is 2.21 bits per heavy atom. The first-order valence-electron chi connectivity index (χ1n) is 8.43. The van der Waals surface area contributed by atoms with E-state index in [1.54, 1.807) is 38.5 Å². The zero-order valence-electron chi connectivity index (χ0n) is 15.3. The molecule has 4 rings (SSSR count). The number of benzene rings is 2. The van der Waals surface area contributed by atoms with E-state index < -0.39 is 0 Å². The van der Waals surface area contributed by atoms with Gasteiger partial charge in [0, 0.05) is 5.69 Å². The van der Waals surface area contributed by atoms with E-state index in [-0.39, 0.29) is 22.4 Å². The predicted octanol–water partition coefficient (Wildman–Crippen LogP) is 2.45. The van der Waals surface area contributed by atoms with Crippen molar-refractivity contribution in [1.82, 2.24) is 19.7 Å². The summed E-state index contributed by atoms with van der Waals surface area (Å²) in [6, 6.07) is 14.3. The Labute approximate surface area is 159 Å². The maximum atomic E-state index is 13.2. The number of nitrogen functional groups attached to an aromatic ring is 1. The SMILES string of the molecule is COc1ccc(Nc2nc3n[nH]c(N)c3c(=O)n2-c2ccc(OC)cc2)cc1. The Kier molecular flexibility index (Phi) is 4.32. The van der Waals surface area contributed by atoms with Crippen LogP contribution in [0.15, 0.2) is 53.3 Å². The molecule has 2 aromatic heterocycles. The normalized spacial score (nSPS) is 10.8. The van der Waals surface area contributed by atoms with E-state index >= 15 is 0 Å². The third-order valence-electron chi connectivity index (χ3n) is 4.29. The van der Waals surface area contributed by atoms with Crippen molar-refractivity contribution in [3.8, 4) is 17.2 Å². The Balaban J connectivity index is 1.88. The first kappa shape index (κ1) is 17.4. The van der Waals surface area contributed by atoms with E-state index in [9.17, 15) is 4.79 Å². The lowest BCUT2D eigenvalue weighted by atomic mass is 10.2. The summed E-state index contributed by atoms with van der Waals surface area (Å²) in [4.78, 5) is 17.6. The summed E-state index contributed by atoms with van der Waals surface area (Å²) in [6.45, 7) is 0. The molecule has 28 heavy (non-hydrogen) atoms. The molecule has 0 aliphatic rings. The largest absolute Gasteiger partial charge is 0.497 e. The van der Waals surface area contributed by atoms with E-state index in [1.165, 1.54) is 4.57 Å². The summed E-state index contributed by atoms with van der Waals surface area (Å²) in [5.74, 6) is 1.88. The molecule has 0 spiro atoms. The lowest BCUT2D eigenvalue weighted by Crippen LogP contribution is -2.23. The van der Waals surface area contributed by atoms with Gasteiger partial charge in [0.2, 0.25) is 5.95 Å². The van der Waals surface area contributed by atoms with Crippen molar-refractivity contribution in [2.75, 3.05) is 25.3 Å². The van der Waals surface area contributed by atoms with Crippen LogP contribution in [0.5, 0.6) is 11.5 Å². The van der Waals surface area contributed by atoms with Gasteiger partial charge >= 0.3 is 0 Å². The van der Waals surface area contributed by atoms with Gasteiger partial charge in [-0.1, -0.05) is 0 Å². The van der Waals surface area contributed by atoms with Gasteiger partial charge in [0.25, 0.3) is 5.56 Å². The molecule has 0 unspecified atom stereocenters. The van der Waals surface area contributed by atoms with Gasteiger partial charge in [-0.2, -0.15) is 10.1 Å². The number of aromatic nitrogens is 4. The molecule has 4 aromatic rings. The van der Waals surface area contributed by atoms with Crippen LogP contribution >= 0.6 is 0 Å². The Bertz CT molecular complexity index is 1180. The van der Waals surface area contributed by atoms with E-state index in [2.05, 4.69) is 20.5 Å². The second-order valence-electron chi connectivity index (χ2n) is 5.96. The molecule has 0 atom stereocenters. The molecule has 0 aliphatic heterocycles. The topological polar surface area (TPSA) is 120 Å². The van der Waals surface area contributed by atoms with Crippen LogP contribution in [-0.2, 0) is 0 Å². The quantitative estimate of drug-likeness (QED) is 0.488. The molecule has 0 fully saturated rings. The maximum Gasteiger partial charge on any atom is 0.272 e. The molecule has 0 saturated heterocycles. The molecule has 0 aliphatic carbocycles. The second-order valence-corrected chi connectivity index (χ2v) is 5.96. The number of hydrogen-bond acceptors (Lipinski definition) is 7. The molecule has 4 N–H and O–H groups in total. The average Bonchev–Trinajstić information content (AvgIpc) is 3.10. The number of fused-ring (bicyclic) bond motifs is 1. The third-order valence-corrected chi connectivity index (χ3v) is 4.29.